The third kappa shape index (κ3) is 7.38. The number of benzene rings is 2. The fourth-order valence-corrected chi connectivity index (χ4v) is 4.10. The first-order valence-corrected chi connectivity index (χ1v) is 12.1. The molecule has 2 aromatic carbocycles. The van der Waals surface area contributed by atoms with Crippen LogP contribution in [-0.4, -0.2) is 33.7 Å². The molecule has 0 fully saturated rings. The summed E-state index contributed by atoms with van der Waals surface area (Å²) in [7, 11) is -3.54. The number of nitrogens with one attached hydrogen (secondary N) is 2. The van der Waals surface area contributed by atoms with Gasteiger partial charge in [-0.2, -0.15) is 0 Å². The van der Waals surface area contributed by atoms with E-state index in [2.05, 4.69) is 10.0 Å². The second-order valence-electron chi connectivity index (χ2n) is 7.07. The Bertz CT molecular complexity index is 895. The third-order valence-corrected chi connectivity index (χ3v) is 6.36. The summed E-state index contributed by atoms with van der Waals surface area (Å²) in [5.74, 6) is 0.401. The van der Waals surface area contributed by atoms with Gasteiger partial charge in [0, 0.05) is 11.4 Å². The van der Waals surface area contributed by atoms with E-state index in [-0.39, 0.29) is 29.4 Å². The number of sulfonamides is 1. The van der Waals surface area contributed by atoms with Crippen molar-refractivity contribution in [2.75, 3.05) is 19.4 Å². The monoisotopic (exact) mass is 436 g/mol. The number of thioether (sulfide) groups is 1. The summed E-state index contributed by atoms with van der Waals surface area (Å²) >= 11 is 1.67. The summed E-state index contributed by atoms with van der Waals surface area (Å²) in [6.45, 7) is 6.01. The minimum absolute atomic E-state index is 0.137. The molecule has 0 spiro atoms. The molecule has 0 saturated heterocycles. The Morgan fingerprint density at radius 3 is 2.21 bits per heavy atom. The van der Waals surface area contributed by atoms with Crippen LogP contribution in [0.5, 0.6) is 5.75 Å². The van der Waals surface area contributed by atoms with Gasteiger partial charge in [0.15, 0.2) is 6.61 Å². The van der Waals surface area contributed by atoms with Gasteiger partial charge in [0.1, 0.15) is 5.75 Å². The minimum Gasteiger partial charge on any atom is -0.484 e. The molecule has 0 aliphatic rings. The lowest BCUT2D eigenvalue weighted by Crippen LogP contribution is -2.31. The van der Waals surface area contributed by atoms with Gasteiger partial charge in [-0.05, 0) is 61.1 Å². The van der Waals surface area contributed by atoms with Crippen LogP contribution < -0.4 is 14.8 Å². The number of amides is 1. The molecule has 29 heavy (non-hydrogen) atoms. The molecule has 2 aromatic rings. The molecule has 158 valence electrons. The molecule has 0 bridgehead atoms. The van der Waals surface area contributed by atoms with Crippen LogP contribution >= 0.6 is 11.8 Å². The Morgan fingerprint density at radius 1 is 1.03 bits per heavy atom. The van der Waals surface area contributed by atoms with Crippen molar-refractivity contribution in [3.05, 3.63) is 54.1 Å². The zero-order valence-corrected chi connectivity index (χ0v) is 18.8. The van der Waals surface area contributed by atoms with E-state index in [0.29, 0.717) is 12.3 Å². The van der Waals surface area contributed by atoms with Gasteiger partial charge in [0.25, 0.3) is 5.91 Å². The predicted octanol–water partition coefficient (Wildman–Crippen LogP) is 3.60. The standard InChI is InChI=1S/C21H28N2O4S2/c1-15(2)13-22-29(25,26)20-11-7-18(8-12-20)27-14-21(24)23-16(3)17-5-9-19(28-4)10-6-17/h5-12,15-16,22H,13-14H2,1-4H3,(H,23,24)/t16-/m0/s1. The summed E-state index contributed by atoms with van der Waals surface area (Å²) in [4.78, 5) is 13.5. The van der Waals surface area contributed by atoms with Crippen molar-refractivity contribution in [2.24, 2.45) is 5.92 Å². The van der Waals surface area contributed by atoms with E-state index in [4.69, 9.17) is 4.74 Å². The smallest absolute Gasteiger partial charge is 0.258 e. The Hall–Kier alpha value is -2.03. The van der Waals surface area contributed by atoms with Crippen LogP contribution in [0.15, 0.2) is 58.3 Å². The molecule has 0 radical (unpaired) electrons. The van der Waals surface area contributed by atoms with Gasteiger partial charge in [-0.1, -0.05) is 26.0 Å². The molecule has 6 nitrogen and oxygen atoms in total. The number of hydrogen-bond donors (Lipinski definition) is 2. The van der Waals surface area contributed by atoms with E-state index in [1.165, 1.54) is 17.0 Å². The topological polar surface area (TPSA) is 84.5 Å². The molecule has 0 aliphatic heterocycles. The number of ether oxygens (including phenoxy) is 1. The number of hydrogen-bond acceptors (Lipinski definition) is 5. The average Bonchev–Trinajstić information content (AvgIpc) is 2.71. The highest BCUT2D eigenvalue weighted by Gasteiger charge is 2.15. The maximum absolute atomic E-state index is 12.2. The Morgan fingerprint density at radius 2 is 1.66 bits per heavy atom. The van der Waals surface area contributed by atoms with Crippen molar-refractivity contribution < 1.29 is 17.9 Å². The third-order valence-electron chi connectivity index (χ3n) is 4.18. The van der Waals surface area contributed by atoms with Crippen LogP contribution in [0.3, 0.4) is 0 Å². The zero-order chi connectivity index (χ0) is 21.4. The maximum atomic E-state index is 12.2. The molecule has 8 heteroatoms. The second kappa shape index (κ2) is 10.7. The quantitative estimate of drug-likeness (QED) is 0.556. The predicted molar refractivity (Wildman–Crippen MR) is 117 cm³/mol. The second-order valence-corrected chi connectivity index (χ2v) is 9.71. The van der Waals surface area contributed by atoms with Crippen LogP contribution in [-0.2, 0) is 14.8 Å². The Balaban J connectivity index is 1.86. The lowest BCUT2D eigenvalue weighted by atomic mass is 10.1. The first kappa shape index (κ1) is 23.3. The lowest BCUT2D eigenvalue weighted by molar-refractivity contribution is -0.123. The van der Waals surface area contributed by atoms with Crippen molar-refractivity contribution in [3.63, 3.8) is 0 Å². The molecule has 1 amide bonds. The first-order chi connectivity index (χ1) is 13.7. The summed E-state index contributed by atoms with van der Waals surface area (Å²) in [5, 5.41) is 2.89. The molecule has 1 atom stereocenters. The normalized spacial score (nSPS) is 12.6. The molecular weight excluding hydrogens is 408 g/mol. The van der Waals surface area contributed by atoms with Crippen molar-refractivity contribution in [1.82, 2.24) is 10.0 Å². The first-order valence-electron chi connectivity index (χ1n) is 9.37. The van der Waals surface area contributed by atoms with Crippen LogP contribution in [0.25, 0.3) is 0 Å². The van der Waals surface area contributed by atoms with E-state index in [0.717, 1.165) is 5.56 Å². The van der Waals surface area contributed by atoms with Crippen LogP contribution in [0.1, 0.15) is 32.4 Å². The van der Waals surface area contributed by atoms with Crippen LogP contribution in [0, 0.1) is 5.92 Å². The summed E-state index contributed by atoms with van der Waals surface area (Å²) in [6, 6.07) is 13.9. The Labute approximate surface area is 177 Å². The van der Waals surface area contributed by atoms with Gasteiger partial charge in [0.05, 0.1) is 10.9 Å². The van der Waals surface area contributed by atoms with Crippen molar-refractivity contribution >= 4 is 27.7 Å². The lowest BCUT2D eigenvalue weighted by Gasteiger charge is -2.15. The van der Waals surface area contributed by atoms with E-state index in [1.807, 2.05) is 51.3 Å². The number of carbonyl (C=O) groups is 1. The zero-order valence-electron chi connectivity index (χ0n) is 17.1. The van der Waals surface area contributed by atoms with Crippen molar-refractivity contribution in [3.8, 4) is 5.75 Å². The van der Waals surface area contributed by atoms with E-state index < -0.39 is 10.0 Å². The molecular formula is C21H28N2O4S2. The van der Waals surface area contributed by atoms with E-state index in [9.17, 15) is 13.2 Å². The van der Waals surface area contributed by atoms with E-state index >= 15 is 0 Å². The Kier molecular flexibility index (Phi) is 8.55. The highest BCUT2D eigenvalue weighted by atomic mass is 32.2. The molecule has 2 rings (SSSR count). The maximum Gasteiger partial charge on any atom is 0.258 e. The number of rotatable bonds is 10. The molecule has 0 aliphatic carbocycles. The van der Waals surface area contributed by atoms with Gasteiger partial charge in [-0.15, -0.1) is 11.8 Å². The summed E-state index contributed by atoms with van der Waals surface area (Å²) in [6.07, 6.45) is 2.02. The summed E-state index contributed by atoms with van der Waals surface area (Å²) in [5.41, 5.74) is 1.01. The van der Waals surface area contributed by atoms with Gasteiger partial charge in [0.2, 0.25) is 10.0 Å². The average molecular weight is 437 g/mol. The summed E-state index contributed by atoms with van der Waals surface area (Å²) < 4.78 is 32.4. The van der Waals surface area contributed by atoms with Crippen LogP contribution in [0.2, 0.25) is 0 Å². The van der Waals surface area contributed by atoms with Gasteiger partial charge < -0.3 is 10.1 Å². The molecule has 0 saturated carbocycles. The largest absolute Gasteiger partial charge is 0.484 e. The molecule has 0 heterocycles. The van der Waals surface area contributed by atoms with Gasteiger partial charge >= 0.3 is 0 Å². The number of carbonyl (C=O) groups excluding carboxylic acids is 1. The fraction of sp³-hybridized carbons (Fsp3) is 0.381. The van der Waals surface area contributed by atoms with E-state index in [1.54, 1.807) is 23.9 Å². The minimum atomic E-state index is -3.54. The van der Waals surface area contributed by atoms with Gasteiger partial charge in [-0.3, -0.25) is 4.79 Å². The van der Waals surface area contributed by atoms with Crippen LogP contribution in [0.4, 0.5) is 0 Å². The van der Waals surface area contributed by atoms with Crippen molar-refractivity contribution in [1.29, 1.82) is 0 Å². The molecule has 0 unspecified atom stereocenters. The highest BCUT2D eigenvalue weighted by molar-refractivity contribution is 7.98. The highest BCUT2D eigenvalue weighted by Crippen LogP contribution is 2.19. The molecule has 2 N–H and O–H groups in total. The van der Waals surface area contributed by atoms with Crippen molar-refractivity contribution in [2.45, 2.75) is 36.6 Å². The van der Waals surface area contributed by atoms with Gasteiger partial charge in [-0.25, -0.2) is 13.1 Å². The fourth-order valence-electron chi connectivity index (χ4n) is 2.48. The SMILES string of the molecule is CSc1ccc([C@H](C)NC(=O)COc2ccc(S(=O)(=O)NCC(C)C)cc2)cc1. The molecule has 0 aromatic heterocycles.